The number of nitrogens with zero attached hydrogens (tertiary/aromatic N) is 2. The number of amides is 1. The summed E-state index contributed by atoms with van der Waals surface area (Å²) in [7, 11) is 0. The fourth-order valence-electron chi connectivity index (χ4n) is 4.05. The number of benzene rings is 2. The van der Waals surface area contributed by atoms with Crippen molar-refractivity contribution in [3.05, 3.63) is 83.2 Å². The van der Waals surface area contributed by atoms with E-state index >= 15 is 0 Å². The van der Waals surface area contributed by atoms with Crippen molar-refractivity contribution >= 4 is 5.91 Å². The van der Waals surface area contributed by atoms with Crippen LogP contribution in [0.1, 0.15) is 54.6 Å². The summed E-state index contributed by atoms with van der Waals surface area (Å²) in [6, 6.07) is 20.4. The molecule has 162 valence electrons. The van der Waals surface area contributed by atoms with Crippen molar-refractivity contribution < 1.29 is 9.53 Å². The fourth-order valence-corrected chi connectivity index (χ4v) is 4.05. The SMILES string of the molecule is CC(C)c1ccc(OCCc2cc([C@@H]3CCN(C(=O)Cc4ccccc4)C3)n[nH]2)cc1. The van der Waals surface area contributed by atoms with Gasteiger partial charge in [0.15, 0.2) is 0 Å². The number of aromatic amines is 1. The number of carbonyl (C=O) groups excluding carboxylic acids is 1. The Hall–Kier alpha value is -3.08. The number of nitrogens with one attached hydrogen (secondary N) is 1. The van der Waals surface area contributed by atoms with Crippen molar-refractivity contribution in [2.24, 2.45) is 0 Å². The summed E-state index contributed by atoms with van der Waals surface area (Å²) in [5.74, 6) is 1.92. The molecule has 4 rings (SSSR count). The van der Waals surface area contributed by atoms with Crippen molar-refractivity contribution in [3.8, 4) is 5.75 Å². The molecule has 1 aliphatic rings. The molecule has 5 heteroatoms. The van der Waals surface area contributed by atoms with Crippen LogP contribution in [0.25, 0.3) is 0 Å². The Morgan fingerprint density at radius 3 is 2.68 bits per heavy atom. The molecule has 1 fully saturated rings. The first-order valence-corrected chi connectivity index (χ1v) is 11.2. The van der Waals surface area contributed by atoms with Crippen LogP contribution < -0.4 is 4.74 Å². The zero-order chi connectivity index (χ0) is 21.6. The molecule has 5 nitrogen and oxygen atoms in total. The first-order chi connectivity index (χ1) is 15.1. The lowest BCUT2D eigenvalue weighted by Gasteiger charge is -2.16. The monoisotopic (exact) mass is 417 g/mol. The molecule has 2 heterocycles. The zero-order valence-corrected chi connectivity index (χ0v) is 18.4. The summed E-state index contributed by atoms with van der Waals surface area (Å²) >= 11 is 0. The minimum absolute atomic E-state index is 0.196. The van der Waals surface area contributed by atoms with E-state index in [-0.39, 0.29) is 5.91 Å². The average Bonchev–Trinajstić information content (AvgIpc) is 3.45. The van der Waals surface area contributed by atoms with Crippen LogP contribution in [-0.2, 0) is 17.6 Å². The summed E-state index contributed by atoms with van der Waals surface area (Å²) < 4.78 is 5.88. The van der Waals surface area contributed by atoms with Crippen molar-refractivity contribution in [1.82, 2.24) is 15.1 Å². The summed E-state index contributed by atoms with van der Waals surface area (Å²) in [5.41, 5.74) is 4.50. The number of ether oxygens (including phenoxy) is 1. The first kappa shape index (κ1) is 21.2. The smallest absolute Gasteiger partial charge is 0.227 e. The minimum atomic E-state index is 0.196. The topological polar surface area (TPSA) is 58.2 Å². The average molecular weight is 418 g/mol. The number of hydrogen-bond donors (Lipinski definition) is 1. The molecular weight excluding hydrogens is 386 g/mol. The van der Waals surface area contributed by atoms with Crippen LogP contribution in [0.5, 0.6) is 5.75 Å². The Kier molecular flexibility index (Phi) is 6.70. The second kappa shape index (κ2) is 9.82. The Morgan fingerprint density at radius 2 is 1.94 bits per heavy atom. The van der Waals surface area contributed by atoms with E-state index in [2.05, 4.69) is 42.2 Å². The maximum absolute atomic E-state index is 12.6. The zero-order valence-electron chi connectivity index (χ0n) is 18.4. The van der Waals surface area contributed by atoms with E-state index in [1.807, 2.05) is 47.4 Å². The van der Waals surface area contributed by atoms with Gasteiger partial charge in [-0.3, -0.25) is 9.89 Å². The third-order valence-corrected chi connectivity index (χ3v) is 6.00. The van der Waals surface area contributed by atoms with Gasteiger partial charge in [0.25, 0.3) is 0 Å². The van der Waals surface area contributed by atoms with Gasteiger partial charge in [-0.1, -0.05) is 56.3 Å². The number of aromatic nitrogens is 2. The van der Waals surface area contributed by atoms with Crippen molar-refractivity contribution in [3.63, 3.8) is 0 Å². The first-order valence-electron chi connectivity index (χ1n) is 11.2. The molecule has 2 aromatic carbocycles. The van der Waals surface area contributed by atoms with Gasteiger partial charge in [0.1, 0.15) is 5.75 Å². The molecule has 31 heavy (non-hydrogen) atoms. The molecule has 3 aromatic rings. The molecule has 0 radical (unpaired) electrons. The number of H-pyrrole nitrogens is 1. The minimum Gasteiger partial charge on any atom is -0.493 e. The quantitative estimate of drug-likeness (QED) is 0.577. The lowest BCUT2D eigenvalue weighted by atomic mass is 10.0. The number of carbonyl (C=O) groups is 1. The molecule has 1 amide bonds. The van der Waals surface area contributed by atoms with Crippen molar-refractivity contribution in [1.29, 1.82) is 0 Å². The molecule has 1 aromatic heterocycles. The van der Waals surface area contributed by atoms with Crippen LogP contribution in [0, 0.1) is 0 Å². The molecule has 0 saturated carbocycles. The summed E-state index contributed by atoms with van der Waals surface area (Å²) in [6.07, 6.45) is 2.21. The summed E-state index contributed by atoms with van der Waals surface area (Å²) in [6.45, 7) is 6.53. The van der Waals surface area contributed by atoms with Crippen LogP contribution in [0.15, 0.2) is 60.7 Å². The predicted molar refractivity (Wildman–Crippen MR) is 122 cm³/mol. The van der Waals surface area contributed by atoms with Gasteiger partial charge in [0.05, 0.1) is 18.7 Å². The van der Waals surface area contributed by atoms with Crippen molar-refractivity contribution in [2.75, 3.05) is 19.7 Å². The molecular formula is C26H31N3O2. The largest absolute Gasteiger partial charge is 0.493 e. The van der Waals surface area contributed by atoms with E-state index in [1.54, 1.807) is 0 Å². The number of hydrogen-bond acceptors (Lipinski definition) is 3. The van der Waals surface area contributed by atoms with E-state index in [4.69, 9.17) is 4.74 Å². The van der Waals surface area contributed by atoms with Gasteiger partial charge < -0.3 is 9.64 Å². The highest BCUT2D eigenvalue weighted by Gasteiger charge is 2.28. The molecule has 0 bridgehead atoms. The van der Waals surface area contributed by atoms with Gasteiger partial charge in [-0.2, -0.15) is 5.10 Å². The highest BCUT2D eigenvalue weighted by atomic mass is 16.5. The highest BCUT2D eigenvalue weighted by Crippen LogP contribution is 2.27. The van der Waals surface area contributed by atoms with E-state index < -0.39 is 0 Å². The van der Waals surface area contributed by atoms with Crippen LogP contribution in [-0.4, -0.2) is 40.7 Å². The normalized spacial score (nSPS) is 16.1. The Morgan fingerprint density at radius 1 is 1.16 bits per heavy atom. The number of rotatable bonds is 8. The molecule has 0 aliphatic carbocycles. The summed E-state index contributed by atoms with van der Waals surface area (Å²) in [4.78, 5) is 14.6. The lowest BCUT2D eigenvalue weighted by Crippen LogP contribution is -2.29. The van der Waals surface area contributed by atoms with Crippen molar-refractivity contribution in [2.45, 2.75) is 44.9 Å². The lowest BCUT2D eigenvalue weighted by molar-refractivity contribution is -0.129. The molecule has 1 N–H and O–H groups in total. The highest BCUT2D eigenvalue weighted by molar-refractivity contribution is 5.79. The standard InChI is InChI=1S/C26H31N3O2/c1-19(2)21-8-10-24(11-9-21)31-15-13-23-17-25(28-27-23)22-12-14-29(18-22)26(30)16-20-6-4-3-5-7-20/h3-11,17,19,22H,12-16,18H2,1-2H3,(H,27,28)/t22-/m1/s1. The second-order valence-electron chi connectivity index (χ2n) is 8.63. The Bertz CT molecular complexity index is 979. The number of likely N-dealkylation sites (tertiary alicyclic amines) is 1. The third kappa shape index (κ3) is 5.54. The third-order valence-electron chi connectivity index (χ3n) is 6.00. The molecule has 0 unspecified atom stereocenters. The Balaban J connectivity index is 1.24. The van der Waals surface area contributed by atoms with Gasteiger partial charge in [0, 0.05) is 31.1 Å². The maximum Gasteiger partial charge on any atom is 0.227 e. The van der Waals surface area contributed by atoms with Gasteiger partial charge in [-0.05, 0) is 41.7 Å². The van der Waals surface area contributed by atoms with Crippen LogP contribution in [0.3, 0.4) is 0 Å². The van der Waals surface area contributed by atoms with E-state index in [1.165, 1.54) is 5.56 Å². The summed E-state index contributed by atoms with van der Waals surface area (Å²) in [5, 5.41) is 7.66. The molecule has 0 spiro atoms. The maximum atomic E-state index is 12.6. The molecule has 1 atom stereocenters. The van der Waals surface area contributed by atoms with Crippen LogP contribution in [0.2, 0.25) is 0 Å². The van der Waals surface area contributed by atoms with Gasteiger partial charge in [-0.25, -0.2) is 0 Å². The predicted octanol–water partition coefficient (Wildman–Crippen LogP) is 4.71. The van der Waals surface area contributed by atoms with E-state index in [9.17, 15) is 4.79 Å². The Labute approximate surface area is 184 Å². The van der Waals surface area contributed by atoms with Gasteiger partial charge >= 0.3 is 0 Å². The van der Waals surface area contributed by atoms with E-state index in [0.717, 1.165) is 48.6 Å². The van der Waals surface area contributed by atoms with Crippen LogP contribution in [0.4, 0.5) is 0 Å². The van der Waals surface area contributed by atoms with Crippen LogP contribution >= 0.6 is 0 Å². The molecule has 1 saturated heterocycles. The van der Waals surface area contributed by atoms with Gasteiger partial charge in [-0.15, -0.1) is 0 Å². The fraction of sp³-hybridized carbons (Fsp3) is 0.385. The molecule has 1 aliphatic heterocycles. The second-order valence-corrected chi connectivity index (χ2v) is 8.63. The van der Waals surface area contributed by atoms with E-state index in [0.29, 0.717) is 24.9 Å². The van der Waals surface area contributed by atoms with Gasteiger partial charge in [0.2, 0.25) is 5.91 Å².